The van der Waals surface area contributed by atoms with E-state index < -0.39 is 0 Å². The van der Waals surface area contributed by atoms with Crippen molar-refractivity contribution in [3.05, 3.63) is 158 Å². The number of benzene rings is 7. The zero-order chi connectivity index (χ0) is 31.2. The molecule has 5 heteroatoms. The fourth-order valence-electron chi connectivity index (χ4n) is 6.28. The van der Waals surface area contributed by atoms with Gasteiger partial charge in [0.05, 0.1) is 0 Å². The Kier molecular flexibility index (Phi) is 6.78. The maximum absolute atomic E-state index is 5.22. The number of hydrogen-bond acceptors (Lipinski definition) is 4. The van der Waals surface area contributed by atoms with Crippen molar-refractivity contribution in [3.63, 3.8) is 0 Å². The van der Waals surface area contributed by atoms with Crippen molar-refractivity contribution >= 4 is 45.8 Å². The number of nitrogens with zero attached hydrogens (tertiary/aromatic N) is 4. The third-order valence-corrected chi connectivity index (χ3v) is 10.9. The molecule has 9 aromatic rings. The summed E-state index contributed by atoms with van der Waals surface area (Å²) in [5.74, 6) is 1.94. The minimum atomic E-state index is 0.116. The summed E-state index contributed by atoms with van der Waals surface area (Å²) in [5.41, 5.74) is 7.39. The van der Waals surface area contributed by atoms with Gasteiger partial charge in [-0.1, -0.05) is 36.4 Å². The Balaban J connectivity index is 1.30. The van der Waals surface area contributed by atoms with Gasteiger partial charge in [0, 0.05) is 0 Å². The molecular weight excluding hydrogens is 639 g/mol. The quantitative estimate of drug-likeness (QED) is 0.172. The minimum absolute atomic E-state index is 0.116. The summed E-state index contributed by atoms with van der Waals surface area (Å²) in [6.07, 6.45) is 0. The summed E-state index contributed by atoms with van der Waals surface area (Å²) in [4.78, 5) is 20.3. The summed E-state index contributed by atoms with van der Waals surface area (Å²) in [6.45, 7) is 0. The second kappa shape index (κ2) is 11.6. The average molecular weight is 666 g/mol. The zero-order valence-electron chi connectivity index (χ0n) is 25.2. The summed E-state index contributed by atoms with van der Waals surface area (Å²) in [7, 11) is 0. The van der Waals surface area contributed by atoms with Crippen LogP contribution in [0.1, 0.15) is 0 Å². The van der Waals surface area contributed by atoms with Gasteiger partial charge in [-0.2, -0.15) is 0 Å². The van der Waals surface area contributed by atoms with Crippen LogP contribution in [-0.4, -0.2) is 34.4 Å². The topological polar surface area (TPSA) is 51.6 Å². The fourth-order valence-corrected chi connectivity index (χ4v) is 8.56. The number of aromatic nitrogens is 4. The van der Waals surface area contributed by atoms with Gasteiger partial charge in [-0.15, -0.1) is 0 Å². The van der Waals surface area contributed by atoms with Crippen molar-refractivity contribution in [3.8, 4) is 55.4 Å². The molecule has 0 N–H and O–H groups in total. The van der Waals surface area contributed by atoms with Crippen LogP contribution in [0.4, 0.5) is 0 Å². The number of fused-ring (bicyclic) bond motifs is 4. The average Bonchev–Trinajstić information content (AvgIpc) is 3.60. The van der Waals surface area contributed by atoms with Gasteiger partial charge in [0.15, 0.2) is 0 Å². The summed E-state index contributed by atoms with van der Waals surface area (Å²) >= 11 is 0.116. The van der Waals surface area contributed by atoms with Crippen LogP contribution in [-0.2, 0) is 0 Å². The van der Waals surface area contributed by atoms with Gasteiger partial charge in [-0.3, -0.25) is 0 Å². The molecule has 9 rings (SSSR count). The third-order valence-electron chi connectivity index (χ3n) is 8.53. The van der Waals surface area contributed by atoms with E-state index in [-0.39, 0.29) is 14.5 Å². The van der Waals surface area contributed by atoms with E-state index in [1.165, 1.54) is 30.6 Å². The van der Waals surface area contributed by atoms with E-state index in [9.17, 15) is 0 Å². The molecule has 0 saturated carbocycles. The SMILES string of the molecule is c1ccc(-c2nc(-c3ccccc3)nc(-c3cc(-c4cc5nc(-c6ccccc6)[se]c5c5ccccc45)c4ccccc4c3)n2)cc1. The molecule has 0 aliphatic heterocycles. The van der Waals surface area contributed by atoms with Crippen LogP contribution in [0.2, 0.25) is 0 Å². The Bertz CT molecular complexity index is 2500. The Morgan fingerprint density at radius 1 is 0.362 bits per heavy atom. The Hall–Kier alpha value is -5.74. The Morgan fingerprint density at radius 2 is 0.851 bits per heavy atom. The monoisotopic (exact) mass is 666 g/mol. The zero-order valence-corrected chi connectivity index (χ0v) is 26.9. The summed E-state index contributed by atoms with van der Waals surface area (Å²) in [6, 6.07) is 54.9. The van der Waals surface area contributed by atoms with Crippen LogP contribution < -0.4 is 0 Å². The number of rotatable bonds is 5. The predicted octanol–water partition coefficient (Wildman–Crippen LogP) is 10.1. The second-order valence-electron chi connectivity index (χ2n) is 11.5. The van der Waals surface area contributed by atoms with Crippen molar-refractivity contribution in [2.75, 3.05) is 0 Å². The molecule has 0 bridgehead atoms. The van der Waals surface area contributed by atoms with Gasteiger partial charge in [0.1, 0.15) is 0 Å². The van der Waals surface area contributed by atoms with Crippen molar-refractivity contribution in [2.45, 2.75) is 0 Å². The van der Waals surface area contributed by atoms with Crippen molar-refractivity contribution < 1.29 is 0 Å². The molecule has 0 radical (unpaired) electrons. The van der Waals surface area contributed by atoms with E-state index in [0.29, 0.717) is 17.5 Å². The first kappa shape index (κ1) is 27.6. The van der Waals surface area contributed by atoms with Crippen LogP contribution in [0.25, 0.3) is 86.7 Å². The maximum atomic E-state index is 5.22. The van der Waals surface area contributed by atoms with E-state index in [0.717, 1.165) is 38.7 Å². The molecule has 2 heterocycles. The van der Waals surface area contributed by atoms with Gasteiger partial charge < -0.3 is 0 Å². The summed E-state index contributed by atoms with van der Waals surface area (Å²) in [5, 5.41) is 4.80. The van der Waals surface area contributed by atoms with Crippen molar-refractivity contribution in [2.24, 2.45) is 0 Å². The fraction of sp³-hybridized carbons (Fsp3) is 0. The van der Waals surface area contributed by atoms with E-state index in [4.69, 9.17) is 19.9 Å². The Labute approximate surface area is 277 Å². The van der Waals surface area contributed by atoms with E-state index >= 15 is 0 Å². The second-order valence-corrected chi connectivity index (χ2v) is 13.6. The third kappa shape index (κ3) is 5.03. The van der Waals surface area contributed by atoms with Crippen LogP contribution >= 0.6 is 0 Å². The van der Waals surface area contributed by atoms with Crippen LogP contribution in [0, 0.1) is 0 Å². The van der Waals surface area contributed by atoms with E-state index in [2.05, 4.69) is 97.1 Å². The van der Waals surface area contributed by atoms with Crippen LogP contribution in [0.15, 0.2) is 158 Å². The molecule has 220 valence electrons. The van der Waals surface area contributed by atoms with Gasteiger partial charge in [0.2, 0.25) is 0 Å². The molecule has 4 nitrogen and oxygen atoms in total. The van der Waals surface area contributed by atoms with Gasteiger partial charge in [-0.05, 0) is 0 Å². The Morgan fingerprint density at radius 3 is 1.49 bits per heavy atom. The number of hydrogen-bond donors (Lipinski definition) is 0. The first-order chi connectivity index (χ1) is 23.3. The molecule has 47 heavy (non-hydrogen) atoms. The molecule has 0 aliphatic carbocycles. The smallest absolute Gasteiger partial charge is 0.0615 e. The first-order valence-corrected chi connectivity index (χ1v) is 17.3. The van der Waals surface area contributed by atoms with Gasteiger partial charge in [0.25, 0.3) is 0 Å². The molecule has 0 atom stereocenters. The molecule has 0 amide bonds. The van der Waals surface area contributed by atoms with E-state index in [1.54, 1.807) is 0 Å². The van der Waals surface area contributed by atoms with Crippen LogP contribution in [0.3, 0.4) is 0 Å². The van der Waals surface area contributed by atoms with Crippen molar-refractivity contribution in [1.29, 1.82) is 0 Å². The first-order valence-electron chi connectivity index (χ1n) is 15.6. The van der Waals surface area contributed by atoms with Crippen LogP contribution in [0.5, 0.6) is 0 Å². The minimum Gasteiger partial charge on any atom is -0.0615 e. The standard InChI is InChI=1S/C42H26N4Se/c1-4-14-27(15-5-1)39-44-40(28-16-6-2-7-17-28)46-41(45-39)31-24-30-20-10-11-21-32(30)35(25-31)36-26-37-38(34-23-13-12-22-33(34)36)47-42(43-37)29-18-8-3-9-19-29/h1-26H. The van der Waals surface area contributed by atoms with E-state index in [1.807, 2.05) is 60.7 Å². The molecule has 0 unspecified atom stereocenters. The van der Waals surface area contributed by atoms with Gasteiger partial charge in [-0.25, -0.2) is 0 Å². The van der Waals surface area contributed by atoms with Gasteiger partial charge >= 0.3 is 243 Å². The molecule has 0 aliphatic rings. The molecular formula is C42H26N4Se. The van der Waals surface area contributed by atoms with Crippen molar-refractivity contribution in [1.82, 2.24) is 19.9 Å². The molecule has 2 aromatic heterocycles. The summed E-state index contributed by atoms with van der Waals surface area (Å²) < 4.78 is 2.51. The molecule has 0 saturated heterocycles. The predicted molar refractivity (Wildman–Crippen MR) is 194 cm³/mol. The molecule has 0 spiro atoms. The molecule has 7 aromatic carbocycles. The molecule has 0 fully saturated rings. The normalized spacial score (nSPS) is 11.4.